The Morgan fingerprint density at radius 2 is 1.64 bits per heavy atom. The van der Waals surface area contributed by atoms with Crippen molar-refractivity contribution in [2.45, 2.75) is 42.9 Å². The van der Waals surface area contributed by atoms with Gasteiger partial charge in [-0.2, -0.15) is 0 Å². The molecule has 1 aliphatic rings. The number of carbonyl (C=O) groups excluding carboxylic acids is 1. The number of pyridine rings is 1. The summed E-state index contributed by atoms with van der Waals surface area (Å²) < 4.78 is 31.2. The van der Waals surface area contributed by atoms with Gasteiger partial charge in [0.05, 0.1) is 39.7 Å². The number of rotatable bonds is 11. The Bertz CT molecular complexity index is 2150. The van der Waals surface area contributed by atoms with Gasteiger partial charge in [0.1, 0.15) is 5.65 Å². The highest BCUT2D eigenvalue weighted by atomic mass is 32.2. The molecule has 0 saturated carbocycles. The summed E-state index contributed by atoms with van der Waals surface area (Å²) in [7, 11) is -3.98. The minimum absolute atomic E-state index is 0.0101. The van der Waals surface area contributed by atoms with E-state index in [4.69, 9.17) is 0 Å². The smallest absolute Gasteiger partial charge is 0.332 e. The van der Waals surface area contributed by atoms with Crippen LogP contribution in [0.25, 0.3) is 22.9 Å². The molecule has 0 spiro atoms. The van der Waals surface area contributed by atoms with E-state index < -0.39 is 21.1 Å². The molecule has 12 heteroatoms. The molecule has 0 unspecified atom stereocenters. The Kier molecular flexibility index (Phi) is 8.59. The molecule has 6 rings (SSSR count). The highest BCUT2D eigenvalue weighted by molar-refractivity contribution is 8.04. The molecule has 0 radical (unpaired) electrons. The summed E-state index contributed by atoms with van der Waals surface area (Å²) in [4.78, 5) is 45.7. The first-order valence-electron chi connectivity index (χ1n) is 14.6. The number of imidazole rings is 1. The number of thioether (sulfide) groups is 1. The molecule has 1 aliphatic heterocycles. The lowest BCUT2D eigenvalue weighted by molar-refractivity contribution is -0.116. The van der Waals surface area contributed by atoms with Gasteiger partial charge in [-0.15, -0.1) is 0 Å². The number of hydrogen-bond donors (Lipinski definition) is 1. The molecule has 0 saturated heterocycles. The first-order valence-corrected chi connectivity index (χ1v) is 17.1. The van der Waals surface area contributed by atoms with Crippen LogP contribution in [-0.2, 0) is 27.7 Å². The monoisotopic (exact) mass is 641 g/mol. The van der Waals surface area contributed by atoms with E-state index in [0.717, 1.165) is 26.5 Å². The summed E-state index contributed by atoms with van der Waals surface area (Å²) in [6.45, 7) is 1.88. The van der Waals surface area contributed by atoms with Crippen LogP contribution >= 0.6 is 11.8 Å². The molecule has 4 heterocycles. The normalized spacial score (nSPS) is 12.7. The highest BCUT2D eigenvalue weighted by Gasteiger charge is 2.29. The Morgan fingerprint density at radius 1 is 0.911 bits per heavy atom. The van der Waals surface area contributed by atoms with Crippen LogP contribution in [0, 0.1) is 0 Å². The first kappa shape index (κ1) is 30.4. The summed E-state index contributed by atoms with van der Waals surface area (Å²) in [5.74, 6) is -0.483. The fourth-order valence-electron chi connectivity index (χ4n) is 5.38. The van der Waals surface area contributed by atoms with Crippen LogP contribution in [0.1, 0.15) is 31.0 Å². The van der Waals surface area contributed by atoms with E-state index in [9.17, 15) is 22.8 Å². The number of carbonyl (C=O) groups is 1. The molecule has 0 atom stereocenters. The van der Waals surface area contributed by atoms with Crippen LogP contribution in [0.2, 0.25) is 0 Å². The molecule has 0 fully saturated rings. The van der Waals surface area contributed by atoms with E-state index in [2.05, 4.69) is 10.3 Å². The van der Waals surface area contributed by atoms with Crippen LogP contribution in [0.4, 0.5) is 0 Å². The minimum Gasteiger partial charge on any atom is -0.352 e. The van der Waals surface area contributed by atoms with Crippen molar-refractivity contribution in [3.05, 3.63) is 122 Å². The molecular formula is C33H31N5O5S2. The Labute approximate surface area is 264 Å². The molecular weight excluding hydrogens is 611 g/mol. The number of sulfone groups is 1. The maximum absolute atomic E-state index is 13.9. The molecule has 5 aromatic rings. The molecule has 0 bridgehead atoms. The van der Waals surface area contributed by atoms with Gasteiger partial charge in [0.15, 0.2) is 14.9 Å². The number of amides is 1. The van der Waals surface area contributed by atoms with Crippen molar-refractivity contribution in [3.63, 3.8) is 0 Å². The van der Waals surface area contributed by atoms with Crippen molar-refractivity contribution >= 4 is 39.2 Å². The van der Waals surface area contributed by atoms with Gasteiger partial charge in [-0.1, -0.05) is 85.4 Å². The molecule has 3 aromatic heterocycles. The van der Waals surface area contributed by atoms with Crippen molar-refractivity contribution in [1.82, 2.24) is 23.8 Å². The second kappa shape index (κ2) is 12.7. The van der Waals surface area contributed by atoms with Gasteiger partial charge < -0.3 is 5.32 Å². The number of nitrogens with one attached hydrogen (secondary N) is 1. The van der Waals surface area contributed by atoms with E-state index >= 15 is 0 Å². The molecule has 10 nitrogen and oxygen atoms in total. The van der Waals surface area contributed by atoms with E-state index in [0.29, 0.717) is 29.9 Å². The SMILES string of the molecule is CCS(=O)(=O)c1c(-c2ccccc2)c(=O)n(CCCCNC(=O)C2=Cc3cnc4cccc(n34)S2)c(=O)n1Cc1ccccc1. The Balaban J connectivity index is 1.25. The summed E-state index contributed by atoms with van der Waals surface area (Å²) in [6.07, 6.45) is 4.44. The fourth-order valence-corrected chi connectivity index (χ4v) is 7.65. The predicted octanol–water partition coefficient (Wildman–Crippen LogP) is 4.21. The van der Waals surface area contributed by atoms with E-state index in [1.165, 1.54) is 23.3 Å². The largest absolute Gasteiger partial charge is 0.352 e. The van der Waals surface area contributed by atoms with E-state index in [-0.39, 0.29) is 35.3 Å². The zero-order valence-corrected chi connectivity index (χ0v) is 26.2. The maximum Gasteiger partial charge on any atom is 0.332 e. The quantitative estimate of drug-likeness (QED) is 0.169. The van der Waals surface area contributed by atoms with Gasteiger partial charge in [-0.3, -0.25) is 23.1 Å². The third kappa shape index (κ3) is 6.03. The Hall–Kier alpha value is -4.68. The van der Waals surface area contributed by atoms with Crippen LogP contribution in [0.5, 0.6) is 0 Å². The van der Waals surface area contributed by atoms with Crippen LogP contribution in [0.3, 0.4) is 0 Å². The van der Waals surface area contributed by atoms with E-state index in [1.807, 2.05) is 52.9 Å². The lowest BCUT2D eigenvalue weighted by Gasteiger charge is -2.19. The lowest BCUT2D eigenvalue weighted by Crippen LogP contribution is -2.44. The molecule has 1 amide bonds. The number of nitrogens with zero attached hydrogens (tertiary/aromatic N) is 4. The molecule has 0 aliphatic carbocycles. The molecule has 45 heavy (non-hydrogen) atoms. The van der Waals surface area contributed by atoms with E-state index in [1.54, 1.807) is 42.6 Å². The first-order chi connectivity index (χ1) is 21.8. The number of benzene rings is 2. The topological polar surface area (TPSA) is 125 Å². The third-order valence-electron chi connectivity index (χ3n) is 7.63. The summed E-state index contributed by atoms with van der Waals surface area (Å²) >= 11 is 1.37. The van der Waals surface area contributed by atoms with Crippen molar-refractivity contribution in [1.29, 1.82) is 0 Å². The van der Waals surface area contributed by atoms with Gasteiger partial charge >= 0.3 is 5.69 Å². The van der Waals surface area contributed by atoms with Crippen LogP contribution in [0.15, 0.2) is 110 Å². The second-order valence-electron chi connectivity index (χ2n) is 10.6. The van der Waals surface area contributed by atoms with Crippen molar-refractivity contribution in [2.24, 2.45) is 0 Å². The highest BCUT2D eigenvalue weighted by Crippen LogP contribution is 2.34. The zero-order chi connectivity index (χ0) is 31.6. The van der Waals surface area contributed by atoms with Crippen molar-refractivity contribution < 1.29 is 13.2 Å². The van der Waals surface area contributed by atoms with Gasteiger partial charge in [-0.05, 0) is 42.2 Å². The lowest BCUT2D eigenvalue weighted by atomic mass is 10.1. The van der Waals surface area contributed by atoms with Gasteiger partial charge in [0.2, 0.25) is 0 Å². The average molecular weight is 642 g/mol. The Morgan fingerprint density at radius 3 is 2.38 bits per heavy atom. The van der Waals surface area contributed by atoms with Crippen molar-refractivity contribution in [3.8, 4) is 11.1 Å². The molecule has 1 N–H and O–H groups in total. The van der Waals surface area contributed by atoms with Gasteiger partial charge in [0, 0.05) is 13.1 Å². The predicted molar refractivity (Wildman–Crippen MR) is 175 cm³/mol. The summed E-state index contributed by atoms with van der Waals surface area (Å²) in [5.41, 5.74) is 1.45. The average Bonchev–Trinajstić information content (AvgIpc) is 3.48. The van der Waals surface area contributed by atoms with Crippen molar-refractivity contribution in [2.75, 3.05) is 12.3 Å². The third-order valence-corrected chi connectivity index (χ3v) is 10.5. The summed E-state index contributed by atoms with van der Waals surface area (Å²) in [5, 5.41) is 3.57. The molecule has 2 aromatic carbocycles. The fraction of sp³-hybridized carbons (Fsp3) is 0.212. The minimum atomic E-state index is -3.98. The summed E-state index contributed by atoms with van der Waals surface area (Å²) in [6, 6.07) is 23.4. The number of unbranched alkanes of at least 4 members (excludes halogenated alkanes) is 1. The second-order valence-corrected chi connectivity index (χ2v) is 13.8. The maximum atomic E-state index is 13.9. The molecule has 230 valence electrons. The number of aromatic nitrogens is 4. The number of hydrogen-bond acceptors (Lipinski definition) is 7. The van der Waals surface area contributed by atoms with Gasteiger partial charge in [-0.25, -0.2) is 18.2 Å². The zero-order valence-electron chi connectivity index (χ0n) is 24.5. The van der Waals surface area contributed by atoms with Crippen LogP contribution < -0.4 is 16.6 Å². The standard InChI is InChI=1S/C33H31N5O5S2/c1-2-45(42,43)32-29(24-14-7-4-8-15-24)31(40)36(33(41)37(32)22-23-12-5-3-6-13-23)19-10-9-18-34-30(39)26-20-25-21-35-27-16-11-17-28(44-26)38(25)27/h3-8,11-17,20-21H,2,9-10,18-19,22H2,1H3,(H,34,39). The van der Waals surface area contributed by atoms with Crippen LogP contribution in [-0.4, -0.2) is 45.1 Å². The van der Waals surface area contributed by atoms with Gasteiger partial charge in [0.25, 0.3) is 11.5 Å².